The minimum atomic E-state index is -2.86. The van der Waals surface area contributed by atoms with E-state index in [4.69, 9.17) is 5.11 Å². The van der Waals surface area contributed by atoms with E-state index in [1.54, 1.807) is 0 Å². The molecule has 1 unspecified atom stereocenters. The normalized spacial score (nSPS) is 19.2. The number of alkyl halides is 2. The van der Waals surface area contributed by atoms with Gasteiger partial charge >= 0.3 is 0 Å². The summed E-state index contributed by atoms with van der Waals surface area (Å²) in [6, 6.07) is 9.36. The summed E-state index contributed by atoms with van der Waals surface area (Å²) in [7, 11) is 0. The van der Waals surface area contributed by atoms with Crippen LogP contribution in [-0.2, 0) is 10.2 Å². The maximum absolute atomic E-state index is 12.6. The zero-order valence-corrected chi connectivity index (χ0v) is 11.7. The third kappa shape index (κ3) is 3.57. The number of piperidine rings is 1. The van der Waals surface area contributed by atoms with Crippen molar-refractivity contribution in [3.8, 4) is 0 Å². The molecule has 3 N–H and O–H groups in total. The summed E-state index contributed by atoms with van der Waals surface area (Å²) in [5.74, 6) is -0.296. The van der Waals surface area contributed by atoms with Crippen molar-refractivity contribution in [2.45, 2.75) is 30.8 Å². The Morgan fingerprint density at radius 2 is 1.90 bits per heavy atom. The largest absolute Gasteiger partial charge is 0.385 e. The van der Waals surface area contributed by atoms with E-state index in [9.17, 15) is 13.6 Å². The lowest BCUT2D eigenvalue weighted by atomic mass is 9.72. The topological polar surface area (TPSA) is 61.4 Å². The van der Waals surface area contributed by atoms with Gasteiger partial charge in [0.25, 0.3) is 6.43 Å². The maximum Gasteiger partial charge on any atom is 0.265 e. The highest BCUT2D eigenvalue weighted by molar-refractivity contribution is 5.88. The van der Waals surface area contributed by atoms with Gasteiger partial charge in [0.2, 0.25) is 5.91 Å². The van der Waals surface area contributed by atoms with Gasteiger partial charge in [0.15, 0.2) is 0 Å². The van der Waals surface area contributed by atoms with E-state index in [0.717, 1.165) is 5.56 Å². The molecule has 4 nitrogen and oxygen atoms in total. The molecule has 0 spiro atoms. The standard InChI is InChI=1S/C15H20F2N2O2/c16-13(17)12(20)10-19-14(21)15(6-8-18-9-7-15)11-4-2-1-3-5-11/h1-5,12-13,18,20H,6-10H2,(H,19,21). The van der Waals surface area contributed by atoms with Gasteiger partial charge in [0.05, 0.1) is 5.41 Å². The Morgan fingerprint density at radius 1 is 1.29 bits per heavy atom. The van der Waals surface area contributed by atoms with Crippen LogP contribution >= 0.6 is 0 Å². The van der Waals surface area contributed by atoms with Crippen molar-refractivity contribution >= 4 is 5.91 Å². The first-order valence-corrected chi connectivity index (χ1v) is 7.07. The lowest BCUT2D eigenvalue weighted by Gasteiger charge is -2.37. The molecule has 1 aliphatic heterocycles. The molecular formula is C15H20F2N2O2. The number of halogens is 2. The highest BCUT2D eigenvalue weighted by Gasteiger charge is 2.41. The molecule has 1 atom stereocenters. The van der Waals surface area contributed by atoms with E-state index in [-0.39, 0.29) is 5.91 Å². The number of nitrogens with one attached hydrogen (secondary N) is 2. The second kappa shape index (κ2) is 6.95. The Hall–Kier alpha value is -1.53. The van der Waals surface area contributed by atoms with Crippen molar-refractivity contribution in [3.63, 3.8) is 0 Å². The van der Waals surface area contributed by atoms with E-state index < -0.39 is 24.5 Å². The quantitative estimate of drug-likeness (QED) is 0.761. The van der Waals surface area contributed by atoms with Gasteiger partial charge in [-0.3, -0.25) is 4.79 Å². The molecule has 2 rings (SSSR count). The number of rotatable bonds is 5. The number of aliphatic hydroxyl groups is 1. The second-order valence-electron chi connectivity index (χ2n) is 5.31. The number of amides is 1. The molecule has 116 valence electrons. The minimum absolute atomic E-state index is 0.296. The summed E-state index contributed by atoms with van der Waals surface area (Å²) in [5, 5.41) is 14.8. The number of carbonyl (C=O) groups is 1. The van der Waals surface area contributed by atoms with E-state index in [0.29, 0.717) is 25.9 Å². The fraction of sp³-hybridized carbons (Fsp3) is 0.533. The van der Waals surface area contributed by atoms with Crippen LogP contribution in [0.2, 0.25) is 0 Å². The van der Waals surface area contributed by atoms with Crippen molar-refractivity contribution in [1.82, 2.24) is 10.6 Å². The molecule has 0 bridgehead atoms. The van der Waals surface area contributed by atoms with Crippen molar-refractivity contribution < 1.29 is 18.7 Å². The third-order valence-electron chi connectivity index (χ3n) is 3.98. The van der Waals surface area contributed by atoms with Crippen molar-refractivity contribution in [2.24, 2.45) is 0 Å². The summed E-state index contributed by atoms with van der Waals surface area (Å²) in [5.41, 5.74) is 0.171. The van der Waals surface area contributed by atoms with E-state index in [1.807, 2.05) is 30.3 Å². The molecule has 1 fully saturated rings. The monoisotopic (exact) mass is 298 g/mol. The summed E-state index contributed by atoms with van der Waals surface area (Å²) in [4.78, 5) is 12.6. The average Bonchev–Trinajstić information content (AvgIpc) is 2.53. The zero-order chi connectivity index (χ0) is 15.3. The van der Waals surface area contributed by atoms with Gasteiger partial charge in [-0.1, -0.05) is 30.3 Å². The van der Waals surface area contributed by atoms with Crippen LogP contribution in [0.25, 0.3) is 0 Å². The molecule has 0 saturated carbocycles. The van der Waals surface area contributed by atoms with Crippen LogP contribution in [0.4, 0.5) is 8.78 Å². The van der Waals surface area contributed by atoms with E-state index in [2.05, 4.69) is 10.6 Å². The predicted molar refractivity (Wildman–Crippen MR) is 75.2 cm³/mol. The molecule has 1 saturated heterocycles. The van der Waals surface area contributed by atoms with Gasteiger partial charge < -0.3 is 15.7 Å². The lowest BCUT2D eigenvalue weighted by Crippen LogP contribution is -2.52. The van der Waals surface area contributed by atoms with Crippen molar-refractivity contribution in [3.05, 3.63) is 35.9 Å². The fourth-order valence-electron chi connectivity index (χ4n) is 2.71. The van der Waals surface area contributed by atoms with E-state index in [1.165, 1.54) is 0 Å². The van der Waals surface area contributed by atoms with Crippen LogP contribution in [0.1, 0.15) is 18.4 Å². The van der Waals surface area contributed by atoms with Crippen LogP contribution in [0, 0.1) is 0 Å². The number of hydrogen-bond donors (Lipinski definition) is 3. The number of hydrogen-bond acceptors (Lipinski definition) is 3. The van der Waals surface area contributed by atoms with Gasteiger partial charge in [0.1, 0.15) is 6.10 Å². The maximum atomic E-state index is 12.6. The van der Waals surface area contributed by atoms with Gasteiger partial charge in [-0.15, -0.1) is 0 Å². The van der Waals surface area contributed by atoms with E-state index >= 15 is 0 Å². The van der Waals surface area contributed by atoms with Crippen LogP contribution < -0.4 is 10.6 Å². The van der Waals surface area contributed by atoms with Gasteiger partial charge in [-0.25, -0.2) is 8.78 Å². The Kier molecular flexibility index (Phi) is 5.25. The first-order valence-electron chi connectivity index (χ1n) is 7.07. The molecule has 0 aliphatic carbocycles. The SMILES string of the molecule is O=C(NCC(O)C(F)F)C1(c2ccccc2)CCNCC1. The molecule has 21 heavy (non-hydrogen) atoms. The molecule has 1 aromatic carbocycles. The Labute approximate surface area is 122 Å². The average molecular weight is 298 g/mol. The molecule has 0 radical (unpaired) electrons. The number of aliphatic hydroxyl groups excluding tert-OH is 1. The highest BCUT2D eigenvalue weighted by atomic mass is 19.3. The minimum Gasteiger partial charge on any atom is -0.385 e. The predicted octanol–water partition coefficient (Wildman–Crippen LogP) is 1.05. The number of carbonyl (C=O) groups excluding carboxylic acids is 1. The Bertz CT molecular complexity index is 462. The summed E-state index contributed by atoms with van der Waals surface area (Å²) < 4.78 is 24.7. The third-order valence-corrected chi connectivity index (χ3v) is 3.98. The molecule has 6 heteroatoms. The van der Waals surface area contributed by atoms with Gasteiger partial charge in [-0.05, 0) is 31.5 Å². The molecular weight excluding hydrogens is 278 g/mol. The molecule has 1 heterocycles. The first kappa shape index (κ1) is 15.9. The van der Waals surface area contributed by atoms with Gasteiger partial charge in [-0.2, -0.15) is 0 Å². The molecule has 1 amide bonds. The van der Waals surface area contributed by atoms with Crippen LogP contribution in [0.15, 0.2) is 30.3 Å². The lowest BCUT2D eigenvalue weighted by molar-refractivity contribution is -0.128. The Balaban J connectivity index is 2.14. The summed E-state index contributed by atoms with van der Waals surface area (Å²) in [6.45, 7) is 0.956. The summed E-state index contributed by atoms with van der Waals surface area (Å²) in [6.07, 6.45) is -3.48. The van der Waals surface area contributed by atoms with Gasteiger partial charge in [0, 0.05) is 6.54 Å². The molecule has 1 aliphatic rings. The highest BCUT2D eigenvalue weighted by Crippen LogP contribution is 2.33. The molecule has 1 aromatic rings. The first-order chi connectivity index (χ1) is 10.1. The van der Waals surface area contributed by atoms with Crippen molar-refractivity contribution in [1.29, 1.82) is 0 Å². The molecule has 0 aromatic heterocycles. The summed E-state index contributed by atoms with van der Waals surface area (Å²) >= 11 is 0. The zero-order valence-electron chi connectivity index (χ0n) is 11.7. The van der Waals surface area contributed by atoms with Crippen molar-refractivity contribution in [2.75, 3.05) is 19.6 Å². The second-order valence-corrected chi connectivity index (χ2v) is 5.31. The number of benzene rings is 1. The van der Waals surface area contributed by atoms with Crippen LogP contribution in [-0.4, -0.2) is 43.2 Å². The van der Waals surface area contributed by atoms with Crippen LogP contribution in [0.3, 0.4) is 0 Å². The smallest absolute Gasteiger partial charge is 0.265 e. The fourth-order valence-corrected chi connectivity index (χ4v) is 2.71. The Morgan fingerprint density at radius 3 is 2.48 bits per heavy atom. The van der Waals surface area contributed by atoms with Crippen LogP contribution in [0.5, 0.6) is 0 Å².